The van der Waals surface area contributed by atoms with Crippen molar-refractivity contribution in [2.24, 2.45) is 34.5 Å². The van der Waals surface area contributed by atoms with Crippen LogP contribution in [0.3, 0.4) is 0 Å². The fraction of sp³-hybridized carbons (Fsp3) is 0.680. The predicted octanol–water partition coefficient (Wildman–Crippen LogP) is 1.53. The Labute approximate surface area is 193 Å². The fourth-order valence-electron chi connectivity index (χ4n) is 7.57. The highest BCUT2D eigenvalue weighted by molar-refractivity contribution is 6.01. The topological polar surface area (TPSA) is 127 Å². The highest BCUT2D eigenvalue weighted by Crippen LogP contribution is 2.68. The molecule has 0 spiro atoms. The fourth-order valence-corrected chi connectivity index (χ4v) is 7.57. The van der Waals surface area contributed by atoms with E-state index in [-0.39, 0.29) is 36.4 Å². The van der Waals surface area contributed by atoms with Crippen molar-refractivity contribution in [3.8, 4) is 0 Å². The van der Waals surface area contributed by atoms with Crippen molar-refractivity contribution >= 4 is 23.5 Å². The Hall–Kier alpha value is -2.32. The molecule has 0 radical (unpaired) electrons. The Kier molecular flexibility index (Phi) is 5.69. The molecular formula is C25H32O8. The highest BCUT2D eigenvalue weighted by Gasteiger charge is 2.73. The first-order valence-electron chi connectivity index (χ1n) is 11.5. The van der Waals surface area contributed by atoms with E-state index >= 15 is 0 Å². The lowest BCUT2D eigenvalue weighted by Gasteiger charge is -2.59. The molecule has 3 fully saturated rings. The maximum atomic E-state index is 13.3. The van der Waals surface area contributed by atoms with Crippen LogP contribution in [0.2, 0.25) is 0 Å². The van der Waals surface area contributed by atoms with Gasteiger partial charge in [0.1, 0.15) is 5.60 Å². The Morgan fingerprint density at radius 1 is 1.24 bits per heavy atom. The summed E-state index contributed by atoms with van der Waals surface area (Å²) in [6.45, 7) is 4.29. The number of allylic oxidation sites excluding steroid dienone is 4. The highest BCUT2D eigenvalue weighted by atomic mass is 16.5. The molecule has 0 saturated heterocycles. The van der Waals surface area contributed by atoms with Crippen LogP contribution in [-0.4, -0.2) is 59.1 Å². The molecule has 0 bridgehead atoms. The van der Waals surface area contributed by atoms with Crippen LogP contribution in [0, 0.1) is 34.5 Å². The van der Waals surface area contributed by atoms with E-state index in [1.54, 1.807) is 13.0 Å². The van der Waals surface area contributed by atoms with Crippen molar-refractivity contribution in [1.29, 1.82) is 0 Å². The minimum absolute atomic E-state index is 0.0619. The summed E-state index contributed by atoms with van der Waals surface area (Å²) in [7, 11) is 1.21. The minimum atomic E-state index is -2.14. The smallest absolute Gasteiger partial charge is 0.312 e. The largest absolute Gasteiger partial charge is 0.469 e. The number of carbonyl (C=O) groups is 4. The number of methoxy groups -OCH3 is 1. The molecule has 3 saturated carbocycles. The number of hydrogen-bond donors (Lipinski definition) is 2. The van der Waals surface area contributed by atoms with Gasteiger partial charge in [-0.15, -0.1) is 0 Å². The first-order chi connectivity index (χ1) is 15.4. The molecule has 8 heteroatoms. The van der Waals surface area contributed by atoms with Gasteiger partial charge in [0, 0.05) is 23.7 Å². The summed E-state index contributed by atoms with van der Waals surface area (Å²) in [5, 5.41) is 23.3. The van der Waals surface area contributed by atoms with Gasteiger partial charge in [0.25, 0.3) is 0 Å². The van der Waals surface area contributed by atoms with Gasteiger partial charge in [0.05, 0.1) is 19.1 Å². The number of carbonyl (C=O) groups excluding carboxylic acids is 4. The molecule has 1 unspecified atom stereocenters. The van der Waals surface area contributed by atoms with Crippen molar-refractivity contribution in [2.75, 3.05) is 13.7 Å². The zero-order chi connectivity index (χ0) is 24.3. The molecule has 8 nitrogen and oxygen atoms in total. The molecule has 180 valence electrons. The van der Waals surface area contributed by atoms with E-state index in [9.17, 15) is 29.4 Å². The van der Waals surface area contributed by atoms with Gasteiger partial charge in [-0.05, 0) is 49.7 Å². The van der Waals surface area contributed by atoms with E-state index in [0.717, 1.165) is 5.57 Å². The number of Topliss-reactive ketones (excluding diaryl/α,β-unsaturated/α-hetero) is 1. The lowest BCUT2D eigenvalue weighted by molar-refractivity contribution is -0.191. The molecule has 33 heavy (non-hydrogen) atoms. The Morgan fingerprint density at radius 3 is 2.58 bits per heavy atom. The Bertz CT molecular complexity index is 965. The number of aliphatic hydroxyl groups excluding tert-OH is 1. The Morgan fingerprint density at radius 2 is 1.94 bits per heavy atom. The van der Waals surface area contributed by atoms with Crippen LogP contribution in [0.5, 0.6) is 0 Å². The molecule has 0 aromatic carbocycles. The van der Waals surface area contributed by atoms with E-state index in [4.69, 9.17) is 9.47 Å². The maximum absolute atomic E-state index is 13.3. The second-order valence-corrected chi connectivity index (χ2v) is 10.5. The standard InChI is InChI=1S/C25H32O8/c1-13(26)33-12-20(29)25(31)18(22(30)32-4)10-17-16-6-5-14-9-15(27)7-8-23(14,2)21(16)19(28)11-24(17,25)3/h7-9,16-19,21,28,31H,5-6,10-12H2,1-4H3/t16-,17-,18-,19?,21+,23-,24-,25-/m0/s1. The lowest BCUT2D eigenvalue weighted by Crippen LogP contribution is -2.63. The predicted molar refractivity (Wildman–Crippen MR) is 115 cm³/mol. The summed E-state index contributed by atoms with van der Waals surface area (Å²) in [5.41, 5.74) is -2.78. The Balaban J connectivity index is 1.77. The van der Waals surface area contributed by atoms with Gasteiger partial charge in [-0.2, -0.15) is 0 Å². The van der Waals surface area contributed by atoms with Gasteiger partial charge >= 0.3 is 11.9 Å². The van der Waals surface area contributed by atoms with Crippen LogP contribution in [0.1, 0.15) is 46.5 Å². The number of fused-ring (bicyclic) bond motifs is 5. The van der Waals surface area contributed by atoms with E-state index in [0.29, 0.717) is 12.8 Å². The first-order valence-corrected chi connectivity index (χ1v) is 11.5. The van der Waals surface area contributed by atoms with E-state index in [1.165, 1.54) is 20.1 Å². The van der Waals surface area contributed by atoms with Crippen LogP contribution in [0.4, 0.5) is 0 Å². The van der Waals surface area contributed by atoms with Gasteiger partial charge in [-0.1, -0.05) is 25.5 Å². The zero-order valence-electron chi connectivity index (χ0n) is 19.5. The maximum Gasteiger partial charge on any atom is 0.312 e. The van der Waals surface area contributed by atoms with Crippen molar-refractivity contribution in [2.45, 2.75) is 58.2 Å². The summed E-state index contributed by atoms with van der Waals surface area (Å²) >= 11 is 0. The summed E-state index contributed by atoms with van der Waals surface area (Å²) in [6, 6.07) is 0. The van der Waals surface area contributed by atoms with E-state index in [1.807, 2.05) is 13.0 Å². The second kappa shape index (κ2) is 7.87. The van der Waals surface area contributed by atoms with Crippen LogP contribution in [0.25, 0.3) is 0 Å². The monoisotopic (exact) mass is 460 g/mol. The van der Waals surface area contributed by atoms with E-state index in [2.05, 4.69) is 0 Å². The van der Waals surface area contributed by atoms with Gasteiger partial charge < -0.3 is 19.7 Å². The van der Waals surface area contributed by atoms with Gasteiger partial charge in [-0.25, -0.2) is 0 Å². The van der Waals surface area contributed by atoms with Gasteiger partial charge in [0.2, 0.25) is 5.78 Å². The second-order valence-electron chi connectivity index (χ2n) is 10.5. The van der Waals surface area contributed by atoms with E-state index < -0.39 is 52.8 Å². The molecule has 0 aromatic heterocycles. The molecule has 4 rings (SSSR count). The average molecular weight is 461 g/mol. The average Bonchev–Trinajstić information content (AvgIpc) is 2.99. The summed E-state index contributed by atoms with van der Waals surface area (Å²) in [4.78, 5) is 49.3. The zero-order valence-corrected chi connectivity index (χ0v) is 19.5. The third kappa shape index (κ3) is 3.25. The van der Waals surface area contributed by atoms with Crippen LogP contribution in [-0.2, 0) is 28.7 Å². The van der Waals surface area contributed by atoms with Crippen molar-refractivity contribution in [1.82, 2.24) is 0 Å². The number of aliphatic hydroxyl groups is 2. The van der Waals surface area contributed by atoms with Crippen LogP contribution in [0.15, 0.2) is 23.8 Å². The summed E-state index contributed by atoms with van der Waals surface area (Å²) in [5.74, 6) is -3.84. The SMILES string of the molecule is COC(=O)[C@@H]1C[C@H]2[C@@H]3CCC4=CC(=O)C=C[C@]4(C)[C@H]3C(O)C[C@]2(C)[C@@]1(O)C(=O)COC(C)=O. The molecule has 8 atom stereocenters. The first kappa shape index (κ1) is 23.8. The number of esters is 2. The van der Waals surface area contributed by atoms with Gasteiger partial charge in [-0.3, -0.25) is 19.2 Å². The lowest BCUT2D eigenvalue weighted by atomic mass is 9.46. The molecule has 0 heterocycles. The molecular weight excluding hydrogens is 428 g/mol. The van der Waals surface area contributed by atoms with Crippen molar-refractivity contribution < 1.29 is 38.9 Å². The molecule has 0 aromatic rings. The van der Waals surface area contributed by atoms with Crippen molar-refractivity contribution in [3.63, 3.8) is 0 Å². The molecule has 0 aliphatic heterocycles. The summed E-state index contributed by atoms with van der Waals surface area (Å²) < 4.78 is 9.84. The summed E-state index contributed by atoms with van der Waals surface area (Å²) in [6.07, 6.45) is 5.86. The number of ketones is 2. The quantitative estimate of drug-likeness (QED) is 0.605. The number of ether oxygens (including phenoxy) is 2. The third-order valence-corrected chi connectivity index (χ3v) is 9.07. The third-order valence-electron chi connectivity index (χ3n) is 9.07. The normalized spacial score (nSPS) is 43.6. The molecule has 0 amide bonds. The molecule has 4 aliphatic carbocycles. The number of hydrogen-bond acceptors (Lipinski definition) is 8. The minimum Gasteiger partial charge on any atom is -0.469 e. The van der Waals surface area contributed by atoms with Crippen LogP contribution >= 0.6 is 0 Å². The molecule has 2 N–H and O–H groups in total. The number of rotatable bonds is 4. The van der Waals surface area contributed by atoms with Gasteiger partial charge in [0.15, 0.2) is 12.4 Å². The van der Waals surface area contributed by atoms with Crippen LogP contribution < -0.4 is 0 Å². The molecule has 4 aliphatic rings. The van der Waals surface area contributed by atoms with Crippen molar-refractivity contribution in [3.05, 3.63) is 23.8 Å².